The zero-order valence-electron chi connectivity index (χ0n) is 16.7. The largest absolute Gasteiger partial charge is 0.359 e. The van der Waals surface area contributed by atoms with Crippen LogP contribution in [0.25, 0.3) is 0 Å². The van der Waals surface area contributed by atoms with E-state index in [4.69, 9.17) is 21.4 Å². The van der Waals surface area contributed by atoms with Crippen LogP contribution in [-0.4, -0.2) is 17.1 Å². The second kappa shape index (κ2) is 7.49. The molecule has 0 amide bonds. The molecule has 0 saturated heterocycles. The van der Waals surface area contributed by atoms with Gasteiger partial charge >= 0.3 is 0 Å². The summed E-state index contributed by atoms with van der Waals surface area (Å²) in [5.41, 5.74) is 4.25. The van der Waals surface area contributed by atoms with Crippen LogP contribution in [0.5, 0.6) is 0 Å². The van der Waals surface area contributed by atoms with Gasteiger partial charge in [0.2, 0.25) is 5.72 Å². The minimum atomic E-state index is -0.808. The Balaban J connectivity index is 1.75. The molecule has 1 atom stereocenters. The second-order valence-corrected chi connectivity index (χ2v) is 8.69. The molecule has 0 radical (unpaired) electrons. The Labute approximate surface area is 185 Å². The van der Waals surface area contributed by atoms with Crippen molar-refractivity contribution in [3.8, 4) is 0 Å². The Morgan fingerprint density at radius 2 is 1.73 bits per heavy atom. The van der Waals surface area contributed by atoms with Crippen molar-refractivity contribution in [1.82, 2.24) is 0 Å². The number of aryl methyl sites for hydroxylation is 1. The Bertz CT molecular complexity index is 1160. The Morgan fingerprint density at radius 3 is 2.47 bits per heavy atom. The Hall–Kier alpha value is -2.76. The van der Waals surface area contributed by atoms with Crippen LogP contribution in [0.4, 0.5) is 11.4 Å². The van der Waals surface area contributed by atoms with Gasteiger partial charge in [0.25, 0.3) is 0 Å². The molecule has 30 heavy (non-hydrogen) atoms. The van der Waals surface area contributed by atoms with Gasteiger partial charge in [-0.15, -0.1) is 11.8 Å². The SMILES string of the molecule is CSC1=Nc2ccccc2N2C(c3ccc(Cl)cc3)=NOC2(c2ccc(C)cc2)C1. The standard InChI is InChI=1S/C24H20ClN3OS/c1-16-7-11-18(12-8-16)24-15-22(30-2)26-20-5-3-4-6-21(20)28(24)23(27-29-24)17-9-13-19(25)14-10-17/h3-14H,15H2,1-2H3. The lowest BCUT2D eigenvalue weighted by molar-refractivity contribution is -0.0148. The molecular formula is C24H20ClN3OS. The quantitative estimate of drug-likeness (QED) is 0.463. The average molecular weight is 434 g/mol. The van der Waals surface area contributed by atoms with Crippen LogP contribution in [0, 0.1) is 6.92 Å². The summed E-state index contributed by atoms with van der Waals surface area (Å²) in [5.74, 6) is 0.747. The lowest BCUT2D eigenvalue weighted by Crippen LogP contribution is -2.47. The van der Waals surface area contributed by atoms with E-state index in [1.807, 2.05) is 42.5 Å². The first-order valence-corrected chi connectivity index (χ1v) is 11.3. The lowest BCUT2D eigenvalue weighted by Gasteiger charge is -2.37. The van der Waals surface area contributed by atoms with E-state index in [1.54, 1.807) is 11.8 Å². The molecule has 2 aliphatic heterocycles. The van der Waals surface area contributed by atoms with Gasteiger partial charge < -0.3 is 4.84 Å². The van der Waals surface area contributed by atoms with Gasteiger partial charge in [-0.2, -0.15) is 0 Å². The van der Waals surface area contributed by atoms with E-state index < -0.39 is 5.72 Å². The molecule has 0 fully saturated rings. The normalized spacial score (nSPS) is 19.9. The summed E-state index contributed by atoms with van der Waals surface area (Å²) in [5, 5.41) is 6.28. The summed E-state index contributed by atoms with van der Waals surface area (Å²) in [4.78, 5) is 13.5. The number of thioether (sulfide) groups is 1. The zero-order chi connectivity index (χ0) is 20.7. The maximum absolute atomic E-state index is 6.32. The topological polar surface area (TPSA) is 37.2 Å². The first kappa shape index (κ1) is 19.2. The predicted octanol–water partition coefficient (Wildman–Crippen LogP) is 6.50. The van der Waals surface area contributed by atoms with Gasteiger partial charge in [-0.05, 0) is 49.6 Å². The Kier molecular flexibility index (Phi) is 4.80. The first-order chi connectivity index (χ1) is 14.6. The van der Waals surface area contributed by atoms with Gasteiger partial charge in [0.15, 0.2) is 5.84 Å². The van der Waals surface area contributed by atoms with Crippen molar-refractivity contribution in [1.29, 1.82) is 0 Å². The van der Waals surface area contributed by atoms with Crippen molar-refractivity contribution in [3.05, 3.63) is 94.5 Å². The molecule has 2 heterocycles. The third kappa shape index (κ3) is 3.09. The highest BCUT2D eigenvalue weighted by Crippen LogP contribution is 2.49. The molecule has 3 aromatic carbocycles. The number of benzene rings is 3. The molecule has 2 aliphatic rings. The van der Waals surface area contributed by atoms with Gasteiger partial charge in [0, 0.05) is 16.1 Å². The summed E-state index contributed by atoms with van der Waals surface area (Å²) < 4.78 is 0. The minimum Gasteiger partial charge on any atom is -0.359 e. The lowest BCUT2D eigenvalue weighted by atomic mass is 9.95. The van der Waals surface area contributed by atoms with Gasteiger partial charge in [0.1, 0.15) is 0 Å². The number of para-hydroxylation sites is 2. The van der Waals surface area contributed by atoms with E-state index in [0.717, 1.165) is 33.4 Å². The summed E-state index contributed by atoms with van der Waals surface area (Å²) in [6.45, 7) is 2.08. The van der Waals surface area contributed by atoms with Crippen molar-refractivity contribution in [2.24, 2.45) is 10.1 Å². The summed E-state index contributed by atoms with van der Waals surface area (Å²) >= 11 is 7.77. The van der Waals surface area contributed by atoms with Gasteiger partial charge in [-0.25, -0.2) is 4.99 Å². The highest BCUT2D eigenvalue weighted by Gasteiger charge is 2.51. The van der Waals surface area contributed by atoms with Crippen LogP contribution in [0.3, 0.4) is 0 Å². The van der Waals surface area contributed by atoms with Crippen molar-refractivity contribution < 1.29 is 4.84 Å². The van der Waals surface area contributed by atoms with E-state index in [9.17, 15) is 0 Å². The molecule has 150 valence electrons. The molecule has 0 aliphatic carbocycles. The second-order valence-electron chi connectivity index (χ2n) is 7.37. The van der Waals surface area contributed by atoms with Crippen LogP contribution >= 0.6 is 23.4 Å². The third-order valence-electron chi connectivity index (χ3n) is 5.46. The number of hydrogen-bond acceptors (Lipinski definition) is 5. The molecule has 0 N–H and O–H groups in total. The van der Waals surface area contributed by atoms with E-state index in [2.05, 4.69) is 53.6 Å². The maximum Gasteiger partial charge on any atom is 0.247 e. The molecule has 1 unspecified atom stereocenters. The fourth-order valence-corrected chi connectivity index (χ4v) is 4.57. The molecular weight excluding hydrogens is 414 g/mol. The number of hydrogen-bond donors (Lipinski definition) is 0. The molecule has 6 heteroatoms. The van der Waals surface area contributed by atoms with Crippen molar-refractivity contribution in [2.45, 2.75) is 19.1 Å². The fraction of sp³-hybridized carbons (Fsp3) is 0.167. The van der Waals surface area contributed by atoms with E-state index in [1.165, 1.54) is 5.56 Å². The summed E-state index contributed by atoms with van der Waals surface area (Å²) in [6.07, 6.45) is 2.64. The van der Waals surface area contributed by atoms with E-state index >= 15 is 0 Å². The molecule has 0 aromatic heterocycles. The number of amidine groups is 1. The molecule has 5 rings (SSSR count). The Morgan fingerprint density at radius 1 is 1.00 bits per heavy atom. The van der Waals surface area contributed by atoms with Crippen LogP contribution < -0.4 is 4.90 Å². The van der Waals surface area contributed by atoms with Gasteiger partial charge in [-0.1, -0.05) is 58.7 Å². The van der Waals surface area contributed by atoms with E-state index in [-0.39, 0.29) is 0 Å². The summed E-state index contributed by atoms with van der Waals surface area (Å²) in [6, 6.07) is 24.3. The number of anilines is 1. The number of fused-ring (bicyclic) bond motifs is 3. The molecule has 4 nitrogen and oxygen atoms in total. The molecule has 3 aromatic rings. The van der Waals surface area contributed by atoms with Crippen LogP contribution in [0.15, 0.2) is 82.9 Å². The van der Waals surface area contributed by atoms with Gasteiger partial charge in [-0.3, -0.25) is 4.90 Å². The third-order valence-corrected chi connectivity index (χ3v) is 6.41. The number of halogens is 1. The number of nitrogens with zero attached hydrogens (tertiary/aromatic N) is 3. The monoisotopic (exact) mass is 433 g/mol. The molecule has 0 saturated carbocycles. The number of rotatable bonds is 2. The highest BCUT2D eigenvalue weighted by molar-refractivity contribution is 8.13. The van der Waals surface area contributed by atoms with Crippen LogP contribution in [0.1, 0.15) is 23.1 Å². The van der Waals surface area contributed by atoms with Crippen molar-refractivity contribution >= 4 is 45.6 Å². The van der Waals surface area contributed by atoms with E-state index in [0.29, 0.717) is 11.4 Å². The number of aliphatic imine (C=N–C) groups is 1. The number of oxime groups is 1. The summed E-state index contributed by atoms with van der Waals surface area (Å²) in [7, 11) is 0. The fourth-order valence-electron chi connectivity index (χ4n) is 3.91. The first-order valence-electron chi connectivity index (χ1n) is 9.71. The maximum atomic E-state index is 6.32. The smallest absolute Gasteiger partial charge is 0.247 e. The molecule has 0 bridgehead atoms. The average Bonchev–Trinajstić information content (AvgIpc) is 3.07. The highest BCUT2D eigenvalue weighted by atomic mass is 35.5. The van der Waals surface area contributed by atoms with Crippen molar-refractivity contribution in [3.63, 3.8) is 0 Å². The van der Waals surface area contributed by atoms with Gasteiger partial charge in [0.05, 0.1) is 22.8 Å². The van der Waals surface area contributed by atoms with Crippen molar-refractivity contribution in [2.75, 3.05) is 11.2 Å². The predicted molar refractivity (Wildman–Crippen MR) is 126 cm³/mol. The zero-order valence-corrected chi connectivity index (χ0v) is 18.2. The minimum absolute atomic E-state index is 0.590. The van der Waals surface area contributed by atoms with Crippen LogP contribution in [-0.2, 0) is 10.6 Å². The molecule has 0 spiro atoms. The van der Waals surface area contributed by atoms with Crippen LogP contribution in [0.2, 0.25) is 5.02 Å².